The smallest absolute Gasteiger partial charge is 0.243 e. The molecule has 2 rings (SSSR count). The first kappa shape index (κ1) is 12.8. The molecule has 0 bridgehead atoms. The van der Waals surface area contributed by atoms with Crippen LogP contribution in [0.1, 0.15) is 12.8 Å². The molecular weight excluding hydrogens is 260 g/mol. The van der Waals surface area contributed by atoms with E-state index in [0.717, 1.165) is 12.8 Å². The van der Waals surface area contributed by atoms with Crippen molar-refractivity contribution in [1.29, 1.82) is 0 Å². The van der Waals surface area contributed by atoms with E-state index >= 15 is 0 Å². The Morgan fingerprint density at radius 3 is 2.24 bits per heavy atom. The fourth-order valence-electron chi connectivity index (χ4n) is 1.91. The average molecular weight is 276 g/mol. The Hall–Kier alpha value is -0.620. The summed E-state index contributed by atoms with van der Waals surface area (Å²) in [6.07, 6.45) is 1.65. The third kappa shape index (κ3) is 2.80. The molecule has 1 heterocycles. The van der Waals surface area contributed by atoms with Gasteiger partial charge in [-0.15, -0.1) is 0 Å². The van der Waals surface area contributed by atoms with Crippen LogP contribution in [-0.2, 0) is 10.0 Å². The van der Waals surface area contributed by atoms with E-state index in [9.17, 15) is 8.42 Å². The average Bonchev–Trinajstić information content (AvgIpc) is 2.30. The minimum atomic E-state index is -3.36. The summed E-state index contributed by atoms with van der Waals surface area (Å²) < 4.78 is 26.1. The lowest BCUT2D eigenvalue weighted by molar-refractivity contribution is -0.425. The van der Waals surface area contributed by atoms with E-state index in [0.29, 0.717) is 29.0 Å². The minimum absolute atomic E-state index is 0.310. The Morgan fingerprint density at radius 2 is 1.71 bits per heavy atom. The summed E-state index contributed by atoms with van der Waals surface area (Å²) in [7, 11) is -3.36. The summed E-state index contributed by atoms with van der Waals surface area (Å²) >= 11 is 5.75. The highest BCUT2D eigenvalue weighted by Crippen LogP contribution is 2.21. The third-order valence-corrected chi connectivity index (χ3v) is 5.19. The molecule has 0 radical (unpaired) electrons. The molecule has 6 heteroatoms. The maximum Gasteiger partial charge on any atom is 0.243 e. The predicted octanol–water partition coefficient (Wildman–Crippen LogP) is 0.735. The van der Waals surface area contributed by atoms with Gasteiger partial charge in [-0.25, -0.2) is 8.42 Å². The van der Waals surface area contributed by atoms with Crippen molar-refractivity contribution in [2.75, 3.05) is 13.1 Å². The molecule has 0 aliphatic carbocycles. The zero-order valence-corrected chi connectivity index (χ0v) is 11.0. The molecule has 0 amide bonds. The fourth-order valence-corrected chi connectivity index (χ4v) is 3.50. The normalized spacial score (nSPS) is 19.4. The second kappa shape index (κ2) is 4.94. The highest BCUT2D eigenvalue weighted by Gasteiger charge is 2.29. The van der Waals surface area contributed by atoms with E-state index in [-0.39, 0.29) is 0 Å². The number of piperidine rings is 1. The second-order valence-corrected chi connectivity index (χ2v) is 6.68. The molecule has 1 aliphatic rings. The first-order valence-electron chi connectivity index (χ1n) is 5.59. The van der Waals surface area contributed by atoms with Crippen molar-refractivity contribution >= 4 is 21.6 Å². The molecule has 1 saturated heterocycles. The standard InChI is InChI=1S/C11H15ClN2O2S/c12-9-1-3-11(4-2-9)17(15,16)14-7-5-10(13)6-8-14/h1-4,10H,5-8,13H2/p+1. The molecule has 3 N–H and O–H groups in total. The van der Waals surface area contributed by atoms with Crippen molar-refractivity contribution in [2.45, 2.75) is 23.8 Å². The molecule has 0 spiro atoms. The molecule has 1 fully saturated rings. The van der Waals surface area contributed by atoms with Crippen LogP contribution in [0.3, 0.4) is 0 Å². The Kier molecular flexibility index (Phi) is 3.73. The molecular formula is C11H16ClN2O2S+. The molecule has 0 unspecified atom stereocenters. The zero-order valence-electron chi connectivity index (χ0n) is 9.47. The van der Waals surface area contributed by atoms with E-state index in [1.165, 1.54) is 4.31 Å². The molecule has 0 saturated carbocycles. The van der Waals surface area contributed by atoms with Crippen LogP contribution in [0.25, 0.3) is 0 Å². The maximum atomic E-state index is 12.3. The number of sulfonamides is 1. The lowest BCUT2D eigenvalue weighted by Crippen LogP contribution is -2.64. The summed E-state index contributed by atoms with van der Waals surface area (Å²) in [5.41, 5.74) is 3.96. The lowest BCUT2D eigenvalue weighted by atomic mass is 10.1. The zero-order chi connectivity index (χ0) is 12.5. The van der Waals surface area contributed by atoms with Crippen LogP contribution in [0.2, 0.25) is 5.02 Å². The summed E-state index contributed by atoms with van der Waals surface area (Å²) in [6.45, 7) is 1.11. The molecule has 0 aromatic heterocycles. The quantitative estimate of drug-likeness (QED) is 0.865. The van der Waals surface area contributed by atoms with Gasteiger partial charge in [-0.05, 0) is 24.3 Å². The van der Waals surface area contributed by atoms with E-state index in [4.69, 9.17) is 11.6 Å². The van der Waals surface area contributed by atoms with E-state index in [2.05, 4.69) is 5.73 Å². The van der Waals surface area contributed by atoms with Crippen molar-refractivity contribution in [3.8, 4) is 0 Å². The van der Waals surface area contributed by atoms with E-state index in [1.807, 2.05) is 0 Å². The van der Waals surface area contributed by atoms with Gasteiger partial charge in [0.15, 0.2) is 0 Å². The van der Waals surface area contributed by atoms with Gasteiger partial charge in [0.1, 0.15) is 0 Å². The van der Waals surface area contributed by atoms with Crippen LogP contribution in [-0.4, -0.2) is 31.9 Å². The summed E-state index contributed by atoms with van der Waals surface area (Å²) in [6, 6.07) is 6.67. The van der Waals surface area contributed by atoms with Crippen molar-refractivity contribution in [3.05, 3.63) is 29.3 Å². The van der Waals surface area contributed by atoms with E-state index in [1.54, 1.807) is 24.3 Å². The van der Waals surface area contributed by atoms with Crippen molar-refractivity contribution < 1.29 is 14.2 Å². The van der Waals surface area contributed by atoms with Crippen molar-refractivity contribution in [2.24, 2.45) is 0 Å². The fraction of sp³-hybridized carbons (Fsp3) is 0.455. The third-order valence-electron chi connectivity index (χ3n) is 3.02. The second-order valence-electron chi connectivity index (χ2n) is 4.30. The topological polar surface area (TPSA) is 65.0 Å². The monoisotopic (exact) mass is 275 g/mol. The van der Waals surface area contributed by atoms with Gasteiger partial charge in [0.05, 0.1) is 10.9 Å². The van der Waals surface area contributed by atoms with Gasteiger partial charge in [0, 0.05) is 31.0 Å². The van der Waals surface area contributed by atoms with Crippen LogP contribution < -0.4 is 5.73 Å². The van der Waals surface area contributed by atoms with Crippen molar-refractivity contribution in [3.63, 3.8) is 0 Å². The summed E-state index contributed by atoms with van der Waals surface area (Å²) in [5, 5.41) is 0.542. The van der Waals surface area contributed by atoms with Crippen LogP contribution in [0.15, 0.2) is 29.2 Å². The first-order valence-corrected chi connectivity index (χ1v) is 7.41. The summed E-state index contributed by atoms with van der Waals surface area (Å²) in [5.74, 6) is 0. The molecule has 4 nitrogen and oxygen atoms in total. The molecule has 1 aromatic carbocycles. The number of hydrogen-bond acceptors (Lipinski definition) is 2. The first-order chi connectivity index (χ1) is 8.00. The largest absolute Gasteiger partial charge is 0.355 e. The molecule has 1 aliphatic heterocycles. The molecule has 0 atom stereocenters. The number of quaternary nitrogens is 1. The lowest BCUT2D eigenvalue weighted by Gasteiger charge is -2.27. The SMILES string of the molecule is [NH3+]C1CCN(S(=O)(=O)c2ccc(Cl)cc2)CC1. The Labute approximate surface area is 106 Å². The Bertz CT molecular complexity index is 479. The Balaban J connectivity index is 2.21. The highest BCUT2D eigenvalue weighted by molar-refractivity contribution is 7.89. The van der Waals surface area contributed by atoms with Crippen LogP contribution in [0.5, 0.6) is 0 Å². The molecule has 1 aromatic rings. The van der Waals surface area contributed by atoms with Crippen LogP contribution in [0.4, 0.5) is 0 Å². The number of rotatable bonds is 2. The number of hydrogen-bond donors (Lipinski definition) is 1. The van der Waals surface area contributed by atoms with Gasteiger partial charge in [0.2, 0.25) is 10.0 Å². The van der Waals surface area contributed by atoms with Gasteiger partial charge < -0.3 is 5.73 Å². The maximum absolute atomic E-state index is 12.3. The van der Waals surface area contributed by atoms with Gasteiger partial charge >= 0.3 is 0 Å². The predicted molar refractivity (Wildman–Crippen MR) is 66.1 cm³/mol. The van der Waals surface area contributed by atoms with Crippen LogP contribution in [0, 0.1) is 0 Å². The number of nitrogens with zero attached hydrogens (tertiary/aromatic N) is 1. The minimum Gasteiger partial charge on any atom is -0.355 e. The highest BCUT2D eigenvalue weighted by atomic mass is 35.5. The molecule has 17 heavy (non-hydrogen) atoms. The van der Waals surface area contributed by atoms with Crippen molar-refractivity contribution in [1.82, 2.24) is 4.31 Å². The molecule has 94 valence electrons. The number of halogens is 1. The Morgan fingerprint density at radius 1 is 1.18 bits per heavy atom. The van der Waals surface area contributed by atoms with Gasteiger partial charge in [-0.3, -0.25) is 0 Å². The van der Waals surface area contributed by atoms with Crippen LogP contribution >= 0.6 is 11.6 Å². The van der Waals surface area contributed by atoms with Gasteiger partial charge in [-0.2, -0.15) is 4.31 Å². The van der Waals surface area contributed by atoms with Gasteiger partial charge in [-0.1, -0.05) is 11.6 Å². The van der Waals surface area contributed by atoms with Gasteiger partial charge in [0.25, 0.3) is 0 Å². The summed E-state index contributed by atoms with van der Waals surface area (Å²) in [4.78, 5) is 0.310. The van der Waals surface area contributed by atoms with E-state index < -0.39 is 10.0 Å². The number of benzene rings is 1.